The highest BCUT2D eigenvalue weighted by molar-refractivity contribution is 4.84. The van der Waals surface area contributed by atoms with Crippen LogP contribution in [0.25, 0.3) is 0 Å². The van der Waals surface area contributed by atoms with E-state index in [0.29, 0.717) is 6.04 Å². The Morgan fingerprint density at radius 1 is 1.27 bits per heavy atom. The summed E-state index contributed by atoms with van der Waals surface area (Å²) in [5.41, 5.74) is -0.551. The van der Waals surface area contributed by atoms with Gasteiger partial charge in [0.1, 0.15) is 0 Å². The van der Waals surface area contributed by atoms with Crippen LogP contribution in [0.15, 0.2) is 0 Å². The van der Waals surface area contributed by atoms with Gasteiger partial charge in [-0.25, -0.2) is 0 Å². The molecule has 0 aromatic carbocycles. The summed E-state index contributed by atoms with van der Waals surface area (Å²) in [6.45, 7) is 4.83. The normalized spacial score (nSPS) is 28.1. The van der Waals surface area contributed by atoms with Crippen LogP contribution in [0, 0.1) is 0 Å². The largest absolute Gasteiger partial charge is 0.389 e. The van der Waals surface area contributed by atoms with Crippen molar-refractivity contribution in [3.05, 3.63) is 0 Å². The van der Waals surface area contributed by atoms with Crippen molar-refractivity contribution in [2.24, 2.45) is 0 Å². The van der Waals surface area contributed by atoms with Gasteiger partial charge in [-0.1, -0.05) is 12.8 Å². The minimum absolute atomic E-state index is 0.296. The van der Waals surface area contributed by atoms with Crippen LogP contribution in [0.5, 0.6) is 0 Å². The van der Waals surface area contributed by atoms with E-state index in [2.05, 4.69) is 5.32 Å². The van der Waals surface area contributed by atoms with Crippen LogP contribution in [0.4, 0.5) is 0 Å². The first-order chi connectivity index (χ1) is 5.11. The number of aliphatic hydroxyl groups is 1. The van der Waals surface area contributed by atoms with Crippen molar-refractivity contribution in [2.75, 3.05) is 6.54 Å². The van der Waals surface area contributed by atoms with E-state index in [1.54, 1.807) is 0 Å². The Bertz CT molecular complexity index is 109. The first-order valence-electron chi connectivity index (χ1n) is 4.56. The van der Waals surface area contributed by atoms with E-state index in [1.807, 2.05) is 13.8 Å². The number of hydrogen-bond acceptors (Lipinski definition) is 2. The molecule has 66 valence electrons. The van der Waals surface area contributed by atoms with E-state index in [1.165, 1.54) is 19.3 Å². The molecule has 0 aliphatic carbocycles. The fourth-order valence-corrected chi connectivity index (χ4v) is 1.63. The minimum atomic E-state index is -0.551. The summed E-state index contributed by atoms with van der Waals surface area (Å²) in [5, 5.41) is 13.1. The van der Waals surface area contributed by atoms with Gasteiger partial charge in [-0.05, 0) is 33.2 Å². The third kappa shape index (κ3) is 2.80. The van der Waals surface area contributed by atoms with Gasteiger partial charge >= 0.3 is 0 Å². The number of nitrogens with one attached hydrogen (secondary N) is 1. The van der Waals surface area contributed by atoms with E-state index in [0.717, 1.165) is 13.0 Å². The van der Waals surface area contributed by atoms with Gasteiger partial charge in [-0.15, -0.1) is 0 Å². The van der Waals surface area contributed by atoms with Gasteiger partial charge in [0, 0.05) is 6.04 Å². The molecular weight excluding hydrogens is 138 g/mol. The van der Waals surface area contributed by atoms with Crippen LogP contribution in [0.1, 0.15) is 39.5 Å². The van der Waals surface area contributed by atoms with Gasteiger partial charge in [-0.2, -0.15) is 0 Å². The molecule has 2 N–H and O–H groups in total. The molecule has 1 fully saturated rings. The van der Waals surface area contributed by atoms with Crippen molar-refractivity contribution in [1.82, 2.24) is 5.32 Å². The Labute approximate surface area is 69.0 Å². The van der Waals surface area contributed by atoms with E-state index in [4.69, 9.17) is 0 Å². The summed E-state index contributed by atoms with van der Waals surface area (Å²) in [4.78, 5) is 0. The van der Waals surface area contributed by atoms with Gasteiger partial charge in [0.05, 0.1) is 5.60 Å². The Kier molecular flexibility index (Phi) is 2.90. The van der Waals surface area contributed by atoms with E-state index >= 15 is 0 Å². The van der Waals surface area contributed by atoms with Gasteiger partial charge in [0.15, 0.2) is 0 Å². The monoisotopic (exact) mass is 157 g/mol. The summed E-state index contributed by atoms with van der Waals surface area (Å²) >= 11 is 0. The van der Waals surface area contributed by atoms with Gasteiger partial charge in [0.25, 0.3) is 0 Å². The van der Waals surface area contributed by atoms with Crippen molar-refractivity contribution in [3.63, 3.8) is 0 Å². The molecule has 1 unspecified atom stereocenters. The molecule has 0 saturated carbocycles. The quantitative estimate of drug-likeness (QED) is 0.601. The Balaban J connectivity index is 2.43. The molecule has 1 heterocycles. The summed E-state index contributed by atoms with van der Waals surface area (Å²) < 4.78 is 0. The van der Waals surface area contributed by atoms with E-state index in [-0.39, 0.29) is 0 Å². The molecule has 0 bridgehead atoms. The minimum Gasteiger partial charge on any atom is -0.389 e. The van der Waals surface area contributed by atoms with Crippen LogP contribution in [0.2, 0.25) is 0 Å². The highest BCUT2D eigenvalue weighted by Gasteiger charge is 2.26. The first-order valence-corrected chi connectivity index (χ1v) is 4.56. The molecule has 1 aliphatic rings. The second-order valence-corrected chi connectivity index (χ2v) is 4.01. The van der Waals surface area contributed by atoms with Crippen LogP contribution >= 0.6 is 0 Å². The summed E-state index contributed by atoms with van der Waals surface area (Å²) in [6, 6.07) is 0.296. The van der Waals surface area contributed by atoms with Crippen LogP contribution in [-0.4, -0.2) is 23.3 Å². The topological polar surface area (TPSA) is 32.3 Å². The average Bonchev–Trinajstić information content (AvgIpc) is 2.10. The standard InChI is InChI=1S/C9H19NO/c1-9(2,11)8-6-4-3-5-7-10-8/h8,10-11H,3-7H2,1-2H3. The molecule has 0 spiro atoms. The molecule has 1 atom stereocenters. The Morgan fingerprint density at radius 2 is 2.00 bits per heavy atom. The number of rotatable bonds is 1. The number of hydrogen-bond donors (Lipinski definition) is 2. The van der Waals surface area contributed by atoms with Crippen molar-refractivity contribution in [3.8, 4) is 0 Å². The average molecular weight is 157 g/mol. The maximum absolute atomic E-state index is 9.70. The maximum atomic E-state index is 9.70. The zero-order valence-electron chi connectivity index (χ0n) is 7.56. The Hall–Kier alpha value is -0.0800. The molecule has 2 heteroatoms. The fraction of sp³-hybridized carbons (Fsp3) is 1.00. The summed E-state index contributed by atoms with van der Waals surface area (Å²) in [6.07, 6.45) is 4.93. The molecule has 1 rings (SSSR count). The lowest BCUT2D eigenvalue weighted by atomic mass is 9.95. The molecular formula is C9H19NO. The second-order valence-electron chi connectivity index (χ2n) is 4.01. The lowest BCUT2D eigenvalue weighted by Crippen LogP contribution is -2.46. The van der Waals surface area contributed by atoms with Crippen molar-refractivity contribution in [2.45, 2.75) is 51.2 Å². The van der Waals surface area contributed by atoms with Crippen LogP contribution in [-0.2, 0) is 0 Å². The second kappa shape index (κ2) is 3.55. The Morgan fingerprint density at radius 3 is 2.64 bits per heavy atom. The van der Waals surface area contributed by atoms with Crippen molar-refractivity contribution >= 4 is 0 Å². The zero-order chi connectivity index (χ0) is 8.32. The molecule has 1 aliphatic heterocycles. The summed E-state index contributed by atoms with van der Waals surface area (Å²) in [7, 11) is 0. The first kappa shape index (κ1) is 9.01. The smallest absolute Gasteiger partial charge is 0.0744 e. The highest BCUT2D eigenvalue weighted by atomic mass is 16.3. The van der Waals surface area contributed by atoms with Gasteiger partial charge in [-0.3, -0.25) is 0 Å². The molecule has 1 saturated heterocycles. The SMILES string of the molecule is CC(C)(O)C1CCCCCN1. The van der Waals surface area contributed by atoms with E-state index in [9.17, 15) is 5.11 Å². The predicted octanol–water partition coefficient (Wildman–Crippen LogP) is 1.29. The zero-order valence-corrected chi connectivity index (χ0v) is 7.56. The predicted molar refractivity (Wildman–Crippen MR) is 46.6 cm³/mol. The maximum Gasteiger partial charge on any atom is 0.0744 e. The molecule has 0 aromatic heterocycles. The lowest BCUT2D eigenvalue weighted by Gasteiger charge is -2.28. The third-order valence-electron chi connectivity index (χ3n) is 2.41. The fourth-order valence-electron chi connectivity index (χ4n) is 1.63. The van der Waals surface area contributed by atoms with Crippen molar-refractivity contribution in [1.29, 1.82) is 0 Å². The third-order valence-corrected chi connectivity index (χ3v) is 2.41. The molecule has 11 heavy (non-hydrogen) atoms. The molecule has 0 amide bonds. The highest BCUT2D eigenvalue weighted by Crippen LogP contribution is 2.17. The van der Waals surface area contributed by atoms with Crippen LogP contribution < -0.4 is 5.32 Å². The van der Waals surface area contributed by atoms with Crippen LogP contribution in [0.3, 0.4) is 0 Å². The van der Waals surface area contributed by atoms with Gasteiger partial charge < -0.3 is 10.4 Å². The molecule has 2 nitrogen and oxygen atoms in total. The summed E-state index contributed by atoms with van der Waals surface area (Å²) in [5.74, 6) is 0. The van der Waals surface area contributed by atoms with Crippen molar-refractivity contribution < 1.29 is 5.11 Å². The lowest BCUT2D eigenvalue weighted by molar-refractivity contribution is 0.0363. The van der Waals surface area contributed by atoms with E-state index < -0.39 is 5.60 Å². The van der Waals surface area contributed by atoms with Gasteiger partial charge in [0.2, 0.25) is 0 Å². The molecule has 0 radical (unpaired) electrons. The molecule has 0 aromatic rings.